The molecule has 0 aliphatic rings. The van der Waals surface area contributed by atoms with Crippen molar-refractivity contribution in [2.75, 3.05) is 0 Å². The van der Waals surface area contributed by atoms with Crippen molar-refractivity contribution in [3.8, 4) is 5.69 Å². The number of alkyl halides is 3. The lowest BCUT2D eigenvalue weighted by molar-refractivity contribution is -0.141. The van der Waals surface area contributed by atoms with Crippen molar-refractivity contribution in [3.05, 3.63) is 46.7 Å². The van der Waals surface area contributed by atoms with E-state index in [2.05, 4.69) is 5.10 Å². The van der Waals surface area contributed by atoms with Gasteiger partial charge in [-0.3, -0.25) is 0 Å². The largest absolute Gasteiger partial charge is 0.435 e. The quantitative estimate of drug-likeness (QED) is 0.916. The molecule has 0 bridgehead atoms. The standard InChI is InChI=1S/C11H9ClF3N3/c12-8-3-1-2-7(6-16)10(8)18-5-4-9(17-18)11(13,14)15/h1-5H,6,16H2. The highest BCUT2D eigenvalue weighted by Crippen LogP contribution is 2.29. The van der Waals surface area contributed by atoms with E-state index in [-0.39, 0.29) is 6.54 Å². The van der Waals surface area contributed by atoms with Crippen molar-refractivity contribution in [2.45, 2.75) is 12.7 Å². The van der Waals surface area contributed by atoms with Crippen LogP contribution in [0, 0.1) is 0 Å². The van der Waals surface area contributed by atoms with Gasteiger partial charge in [-0.15, -0.1) is 0 Å². The summed E-state index contributed by atoms with van der Waals surface area (Å²) in [6.07, 6.45) is -3.27. The van der Waals surface area contributed by atoms with Crippen LogP contribution in [0.5, 0.6) is 0 Å². The number of aromatic nitrogens is 2. The van der Waals surface area contributed by atoms with E-state index in [4.69, 9.17) is 17.3 Å². The van der Waals surface area contributed by atoms with Crippen LogP contribution in [-0.2, 0) is 12.7 Å². The highest BCUT2D eigenvalue weighted by Gasteiger charge is 2.33. The molecule has 0 saturated heterocycles. The highest BCUT2D eigenvalue weighted by molar-refractivity contribution is 6.32. The first-order valence-electron chi connectivity index (χ1n) is 5.04. The first-order valence-corrected chi connectivity index (χ1v) is 5.42. The smallest absolute Gasteiger partial charge is 0.326 e. The van der Waals surface area contributed by atoms with E-state index in [9.17, 15) is 13.2 Å². The molecule has 1 aromatic heterocycles. The minimum atomic E-state index is -4.48. The third kappa shape index (κ3) is 2.34. The number of rotatable bonds is 2. The lowest BCUT2D eigenvalue weighted by Gasteiger charge is -2.10. The summed E-state index contributed by atoms with van der Waals surface area (Å²) in [5.41, 5.74) is 5.56. The molecule has 1 aromatic carbocycles. The Morgan fingerprint density at radius 3 is 2.56 bits per heavy atom. The van der Waals surface area contributed by atoms with Crippen LogP contribution < -0.4 is 5.73 Å². The van der Waals surface area contributed by atoms with Crippen LogP contribution in [0.1, 0.15) is 11.3 Å². The third-order valence-corrected chi connectivity index (χ3v) is 2.70. The fourth-order valence-corrected chi connectivity index (χ4v) is 1.86. The van der Waals surface area contributed by atoms with Gasteiger partial charge in [-0.25, -0.2) is 4.68 Å². The molecule has 2 rings (SSSR count). The van der Waals surface area contributed by atoms with Gasteiger partial charge in [-0.1, -0.05) is 23.7 Å². The summed E-state index contributed by atoms with van der Waals surface area (Å²) in [5.74, 6) is 0. The second kappa shape index (κ2) is 4.62. The van der Waals surface area contributed by atoms with E-state index in [1.165, 1.54) is 6.20 Å². The first kappa shape index (κ1) is 12.9. The monoisotopic (exact) mass is 275 g/mol. The maximum atomic E-state index is 12.5. The predicted octanol–water partition coefficient (Wildman–Crippen LogP) is 3.00. The average Bonchev–Trinajstić information content (AvgIpc) is 2.77. The Kier molecular flexibility index (Phi) is 3.32. The van der Waals surface area contributed by atoms with E-state index in [0.717, 1.165) is 10.7 Å². The van der Waals surface area contributed by atoms with Gasteiger partial charge in [0.25, 0.3) is 0 Å². The first-order chi connectivity index (χ1) is 8.43. The molecule has 96 valence electrons. The van der Waals surface area contributed by atoms with Gasteiger partial charge in [-0.2, -0.15) is 18.3 Å². The van der Waals surface area contributed by atoms with Gasteiger partial charge in [0.05, 0.1) is 10.7 Å². The molecule has 18 heavy (non-hydrogen) atoms. The third-order valence-electron chi connectivity index (χ3n) is 2.40. The lowest BCUT2D eigenvalue weighted by Crippen LogP contribution is -2.09. The molecule has 0 radical (unpaired) electrons. The number of benzene rings is 1. The number of nitrogens with two attached hydrogens (primary N) is 1. The second-order valence-electron chi connectivity index (χ2n) is 3.59. The summed E-state index contributed by atoms with van der Waals surface area (Å²) in [6.45, 7) is 0.164. The van der Waals surface area contributed by atoms with Crippen molar-refractivity contribution in [1.29, 1.82) is 0 Å². The zero-order chi connectivity index (χ0) is 13.3. The summed E-state index contributed by atoms with van der Waals surface area (Å²) >= 11 is 5.97. The molecule has 7 heteroatoms. The SMILES string of the molecule is NCc1cccc(Cl)c1-n1ccc(C(F)(F)F)n1. The number of nitrogens with zero attached hydrogens (tertiary/aromatic N) is 2. The fourth-order valence-electron chi connectivity index (χ4n) is 1.58. The Morgan fingerprint density at radius 2 is 2.00 bits per heavy atom. The summed E-state index contributed by atoms with van der Waals surface area (Å²) in [5, 5.41) is 3.77. The molecular formula is C11H9ClF3N3. The van der Waals surface area contributed by atoms with Crippen LogP contribution in [-0.4, -0.2) is 9.78 Å². The topological polar surface area (TPSA) is 43.8 Å². The molecule has 0 atom stereocenters. The molecule has 0 spiro atoms. The minimum absolute atomic E-state index is 0.164. The van der Waals surface area contributed by atoms with Crippen LogP contribution >= 0.6 is 11.6 Å². The van der Waals surface area contributed by atoms with E-state index in [1.807, 2.05) is 0 Å². The van der Waals surface area contributed by atoms with Crippen LogP contribution in [0.25, 0.3) is 5.69 Å². The van der Waals surface area contributed by atoms with E-state index in [1.54, 1.807) is 18.2 Å². The van der Waals surface area contributed by atoms with Crippen LogP contribution in [0.15, 0.2) is 30.5 Å². The zero-order valence-electron chi connectivity index (χ0n) is 9.08. The van der Waals surface area contributed by atoms with Gasteiger partial charge in [0.15, 0.2) is 5.69 Å². The van der Waals surface area contributed by atoms with Gasteiger partial charge in [0.2, 0.25) is 0 Å². The van der Waals surface area contributed by atoms with Gasteiger partial charge < -0.3 is 5.73 Å². The molecule has 1 heterocycles. The molecule has 3 nitrogen and oxygen atoms in total. The lowest BCUT2D eigenvalue weighted by atomic mass is 10.2. The Morgan fingerprint density at radius 1 is 1.28 bits per heavy atom. The maximum absolute atomic E-state index is 12.5. The van der Waals surface area contributed by atoms with Crippen LogP contribution in [0.3, 0.4) is 0 Å². The summed E-state index contributed by atoms with van der Waals surface area (Å²) in [4.78, 5) is 0. The molecule has 0 aliphatic carbocycles. The Hall–Kier alpha value is -1.53. The number of hydrogen-bond acceptors (Lipinski definition) is 2. The Bertz CT molecular complexity index is 563. The van der Waals surface area contributed by atoms with Crippen molar-refractivity contribution in [1.82, 2.24) is 9.78 Å². The fraction of sp³-hybridized carbons (Fsp3) is 0.182. The Balaban J connectivity index is 2.53. The van der Waals surface area contributed by atoms with E-state index < -0.39 is 11.9 Å². The molecule has 0 saturated carbocycles. The molecule has 2 N–H and O–H groups in total. The summed E-state index contributed by atoms with van der Waals surface area (Å²) in [6, 6.07) is 5.84. The number of hydrogen-bond donors (Lipinski definition) is 1. The zero-order valence-corrected chi connectivity index (χ0v) is 9.83. The van der Waals surface area contributed by atoms with Gasteiger partial charge >= 0.3 is 6.18 Å². The minimum Gasteiger partial charge on any atom is -0.326 e. The number of halogens is 4. The van der Waals surface area contributed by atoms with Crippen LogP contribution in [0.2, 0.25) is 5.02 Å². The average molecular weight is 276 g/mol. The molecule has 0 aliphatic heterocycles. The summed E-state index contributed by atoms with van der Waals surface area (Å²) < 4.78 is 38.5. The van der Waals surface area contributed by atoms with Crippen molar-refractivity contribution in [3.63, 3.8) is 0 Å². The van der Waals surface area contributed by atoms with E-state index in [0.29, 0.717) is 16.3 Å². The second-order valence-corrected chi connectivity index (χ2v) is 4.00. The predicted molar refractivity (Wildman–Crippen MR) is 61.5 cm³/mol. The van der Waals surface area contributed by atoms with Crippen LogP contribution in [0.4, 0.5) is 13.2 Å². The maximum Gasteiger partial charge on any atom is 0.435 e. The molecular weight excluding hydrogens is 267 g/mol. The Labute approximate surface area is 106 Å². The molecule has 0 unspecified atom stereocenters. The van der Waals surface area contributed by atoms with Crippen molar-refractivity contribution in [2.24, 2.45) is 5.73 Å². The summed E-state index contributed by atoms with van der Waals surface area (Å²) in [7, 11) is 0. The van der Waals surface area contributed by atoms with Gasteiger partial charge in [0, 0.05) is 12.7 Å². The van der Waals surface area contributed by atoms with Gasteiger partial charge in [-0.05, 0) is 17.7 Å². The highest BCUT2D eigenvalue weighted by atomic mass is 35.5. The normalized spacial score (nSPS) is 11.8. The molecule has 0 fully saturated rings. The van der Waals surface area contributed by atoms with Crippen molar-refractivity contribution < 1.29 is 13.2 Å². The van der Waals surface area contributed by atoms with Crippen molar-refractivity contribution >= 4 is 11.6 Å². The van der Waals surface area contributed by atoms with Gasteiger partial charge in [0.1, 0.15) is 0 Å². The van der Waals surface area contributed by atoms with E-state index >= 15 is 0 Å². The number of para-hydroxylation sites is 1. The molecule has 0 amide bonds. The molecule has 2 aromatic rings.